The number of benzene rings is 1. The summed E-state index contributed by atoms with van der Waals surface area (Å²) in [4.78, 5) is 27.6. The minimum atomic E-state index is -4.63. The van der Waals surface area contributed by atoms with Gasteiger partial charge in [-0.25, -0.2) is 26.3 Å². The summed E-state index contributed by atoms with van der Waals surface area (Å²) in [6.07, 6.45) is 1.12. The topological polar surface area (TPSA) is 132 Å². The number of fused-ring (bicyclic) bond motifs is 1. The fourth-order valence-electron chi connectivity index (χ4n) is 2.95. The molecule has 0 radical (unpaired) electrons. The molecule has 0 fully saturated rings. The Labute approximate surface area is 170 Å². The molecule has 2 heterocycles. The van der Waals surface area contributed by atoms with Crippen molar-refractivity contribution < 1.29 is 26.8 Å². The first kappa shape index (κ1) is 21.1. The molecule has 1 aromatic carbocycles. The lowest BCUT2D eigenvalue weighted by Gasteiger charge is -2.29. The maximum absolute atomic E-state index is 14.3. The van der Waals surface area contributed by atoms with Crippen molar-refractivity contribution in [3.63, 3.8) is 0 Å². The SMILES string of the molecule is Cc1cc(F)c2c(c1)NC(=O)N(CC(=O)N[C@@H](C)c1ncc(C#N)cc1F)S2(=O)=O. The summed E-state index contributed by atoms with van der Waals surface area (Å²) in [6.45, 7) is 1.96. The first-order valence-electron chi connectivity index (χ1n) is 8.53. The minimum Gasteiger partial charge on any atom is -0.346 e. The zero-order chi connectivity index (χ0) is 22.2. The zero-order valence-electron chi connectivity index (χ0n) is 15.7. The van der Waals surface area contributed by atoms with Crippen LogP contribution in [0.2, 0.25) is 0 Å². The second-order valence-electron chi connectivity index (χ2n) is 6.56. The molecular formula is C18H15F2N5O4S. The van der Waals surface area contributed by atoms with E-state index in [4.69, 9.17) is 5.26 Å². The van der Waals surface area contributed by atoms with Crippen LogP contribution in [0.25, 0.3) is 0 Å². The summed E-state index contributed by atoms with van der Waals surface area (Å²) in [7, 11) is -4.63. The number of nitrogens with zero attached hydrogens (tertiary/aromatic N) is 3. The van der Waals surface area contributed by atoms with Gasteiger partial charge >= 0.3 is 6.03 Å². The molecule has 9 nitrogen and oxygen atoms in total. The van der Waals surface area contributed by atoms with Gasteiger partial charge in [-0.2, -0.15) is 5.26 Å². The van der Waals surface area contributed by atoms with Gasteiger partial charge in [-0.3, -0.25) is 9.78 Å². The van der Waals surface area contributed by atoms with Crippen molar-refractivity contribution in [2.24, 2.45) is 0 Å². The number of amides is 3. The lowest BCUT2D eigenvalue weighted by atomic mass is 10.1. The number of urea groups is 1. The highest BCUT2D eigenvalue weighted by Crippen LogP contribution is 2.33. The van der Waals surface area contributed by atoms with Gasteiger partial charge in [-0.15, -0.1) is 0 Å². The van der Waals surface area contributed by atoms with Crippen LogP contribution >= 0.6 is 0 Å². The van der Waals surface area contributed by atoms with E-state index in [-0.39, 0.29) is 21.2 Å². The number of rotatable bonds is 4. The Morgan fingerprint density at radius 2 is 2.03 bits per heavy atom. The number of carbonyl (C=O) groups excluding carboxylic acids is 2. The largest absolute Gasteiger partial charge is 0.346 e. The van der Waals surface area contributed by atoms with Crippen molar-refractivity contribution in [3.8, 4) is 6.07 Å². The average Bonchev–Trinajstić information content (AvgIpc) is 2.63. The third-order valence-corrected chi connectivity index (χ3v) is 6.08. The fraction of sp³-hybridized carbons (Fsp3) is 0.222. The van der Waals surface area contributed by atoms with Crippen LogP contribution in [0.15, 0.2) is 29.3 Å². The van der Waals surface area contributed by atoms with E-state index in [9.17, 15) is 26.8 Å². The molecule has 1 aromatic heterocycles. The highest BCUT2D eigenvalue weighted by Gasteiger charge is 2.40. The monoisotopic (exact) mass is 435 g/mol. The number of aryl methyl sites for hydroxylation is 1. The Morgan fingerprint density at radius 1 is 1.33 bits per heavy atom. The second-order valence-corrected chi connectivity index (χ2v) is 8.36. The van der Waals surface area contributed by atoms with Gasteiger partial charge in [0.05, 0.1) is 23.0 Å². The molecule has 3 rings (SSSR count). The van der Waals surface area contributed by atoms with Crippen molar-refractivity contribution in [2.75, 3.05) is 11.9 Å². The molecule has 0 bridgehead atoms. The number of nitriles is 1. The highest BCUT2D eigenvalue weighted by atomic mass is 32.2. The Morgan fingerprint density at radius 3 is 2.67 bits per heavy atom. The van der Waals surface area contributed by atoms with Crippen molar-refractivity contribution in [3.05, 3.63) is 52.9 Å². The molecule has 12 heteroatoms. The Bertz CT molecular complexity index is 1210. The number of anilines is 1. The van der Waals surface area contributed by atoms with Crippen molar-refractivity contribution in [1.82, 2.24) is 14.6 Å². The van der Waals surface area contributed by atoms with Gasteiger partial charge in [0.2, 0.25) is 5.91 Å². The Kier molecular flexibility index (Phi) is 5.41. The van der Waals surface area contributed by atoms with Gasteiger partial charge < -0.3 is 10.6 Å². The highest BCUT2D eigenvalue weighted by molar-refractivity contribution is 7.90. The fourth-order valence-corrected chi connectivity index (χ4v) is 4.42. The summed E-state index contributed by atoms with van der Waals surface area (Å²) in [5.41, 5.74) is -0.00737. The van der Waals surface area contributed by atoms with Gasteiger partial charge in [-0.1, -0.05) is 0 Å². The van der Waals surface area contributed by atoms with E-state index < -0.39 is 51.1 Å². The number of nitrogens with one attached hydrogen (secondary N) is 2. The van der Waals surface area contributed by atoms with Crippen LogP contribution in [-0.2, 0) is 14.8 Å². The predicted octanol–water partition coefficient (Wildman–Crippen LogP) is 1.95. The molecule has 1 aliphatic heterocycles. The molecule has 156 valence electrons. The van der Waals surface area contributed by atoms with E-state index in [1.165, 1.54) is 19.9 Å². The van der Waals surface area contributed by atoms with E-state index in [2.05, 4.69) is 15.6 Å². The molecule has 0 spiro atoms. The molecule has 0 saturated heterocycles. The van der Waals surface area contributed by atoms with Gasteiger partial charge in [0, 0.05) is 6.20 Å². The van der Waals surface area contributed by atoms with Crippen LogP contribution in [0, 0.1) is 29.9 Å². The second kappa shape index (κ2) is 7.68. The van der Waals surface area contributed by atoms with E-state index in [1.54, 1.807) is 6.07 Å². The lowest BCUT2D eigenvalue weighted by molar-refractivity contribution is -0.121. The number of halogens is 2. The van der Waals surface area contributed by atoms with E-state index in [0.29, 0.717) is 5.56 Å². The molecule has 30 heavy (non-hydrogen) atoms. The molecule has 1 atom stereocenters. The van der Waals surface area contributed by atoms with Crippen LogP contribution in [0.3, 0.4) is 0 Å². The third-order valence-electron chi connectivity index (χ3n) is 4.28. The molecule has 2 N–H and O–H groups in total. The van der Waals surface area contributed by atoms with Gasteiger partial charge in [-0.05, 0) is 37.6 Å². The molecule has 1 aliphatic rings. The summed E-state index contributed by atoms with van der Waals surface area (Å²) in [5, 5.41) is 13.3. The average molecular weight is 435 g/mol. The van der Waals surface area contributed by atoms with Crippen LogP contribution in [0.4, 0.5) is 19.3 Å². The molecule has 0 saturated carbocycles. The molecule has 0 unspecified atom stereocenters. The van der Waals surface area contributed by atoms with E-state index in [1.807, 2.05) is 0 Å². The van der Waals surface area contributed by atoms with Gasteiger partial charge in [0.25, 0.3) is 10.0 Å². The van der Waals surface area contributed by atoms with Crippen LogP contribution < -0.4 is 10.6 Å². The van der Waals surface area contributed by atoms with E-state index >= 15 is 0 Å². The first-order chi connectivity index (χ1) is 14.0. The van der Waals surface area contributed by atoms with Crippen molar-refractivity contribution >= 4 is 27.6 Å². The first-order valence-corrected chi connectivity index (χ1v) is 9.97. The van der Waals surface area contributed by atoms with Gasteiger partial charge in [0.1, 0.15) is 29.1 Å². The number of hydrogen-bond acceptors (Lipinski definition) is 6. The van der Waals surface area contributed by atoms with Crippen molar-refractivity contribution in [1.29, 1.82) is 5.26 Å². The van der Waals surface area contributed by atoms with Crippen molar-refractivity contribution in [2.45, 2.75) is 24.8 Å². The van der Waals surface area contributed by atoms with Gasteiger partial charge in [0.15, 0.2) is 0 Å². The number of pyridine rings is 1. The summed E-state index contributed by atoms with van der Waals surface area (Å²) in [6, 6.07) is 2.83. The molecular weight excluding hydrogens is 420 g/mol. The molecule has 3 amide bonds. The Hall–Kier alpha value is -3.59. The van der Waals surface area contributed by atoms with Crippen LogP contribution in [0.1, 0.15) is 29.8 Å². The minimum absolute atomic E-state index is 0.0122. The lowest BCUT2D eigenvalue weighted by Crippen LogP contribution is -2.49. The number of hydrogen-bond donors (Lipinski definition) is 2. The van der Waals surface area contributed by atoms with E-state index in [0.717, 1.165) is 18.3 Å². The predicted molar refractivity (Wildman–Crippen MR) is 99.5 cm³/mol. The maximum Gasteiger partial charge on any atom is 0.336 e. The molecule has 2 aromatic rings. The van der Waals surface area contributed by atoms with Crippen LogP contribution in [0.5, 0.6) is 0 Å². The smallest absolute Gasteiger partial charge is 0.336 e. The van der Waals surface area contributed by atoms with Crippen LogP contribution in [-0.4, -0.2) is 36.2 Å². The molecule has 0 aliphatic carbocycles. The number of carbonyl (C=O) groups is 2. The quantitative estimate of drug-likeness (QED) is 0.754. The normalized spacial score (nSPS) is 15.6. The Balaban J connectivity index is 1.81. The number of sulfonamides is 1. The summed E-state index contributed by atoms with van der Waals surface area (Å²) in [5.74, 6) is -2.84. The number of aromatic nitrogens is 1. The standard InChI is InChI=1S/C18H15F2N5O4S/c1-9-3-13(20)17-14(4-9)24-18(27)25(30(17,28)29)8-15(26)23-10(2)16-12(19)5-11(6-21)7-22-16/h3-5,7,10H,8H2,1-2H3,(H,23,26)(H,24,27)/t10-/m0/s1. The maximum atomic E-state index is 14.3. The zero-order valence-corrected chi connectivity index (χ0v) is 16.5. The summed E-state index contributed by atoms with van der Waals surface area (Å²) < 4.78 is 53.9. The summed E-state index contributed by atoms with van der Waals surface area (Å²) >= 11 is 0. The third kappa shape index (κ3) is 3.79.